The summed E-state index contributed by atoms with van der Waals surface area (Å²) >= 11 is 0. The van der Waals surface area contributed by atoms with Crippen molar-refractivity contribution >= 4 is 12.1 Å². The highest BCUT2D eigenvalue weighted by atomic mass is 19.3. The molecular formula is C21H23F4N3O. The summed E-state index contributed by atoms with van der Waals surface area (Å²) in [6.45, 7) is 0.225. The molecule has 0 aromatic heterocycles. The van der Waals surface area contributed by atoms with Gasteiger partial charge in [0.1, 0.15) is 11.6 Å². The van der Waals surface area contributed by atoms with Gasteiger partial charge in [-0.3, -0.25) is 9.69 Å². The van der Waals surface area contributed by atoms with Crippen LogP contribution in [0, 0.1) is 35.3 Å². The maximum absolute atomic E-state index is 13.7. The van der Waals surface area contributed by atoms with E-state index in [2.05, 4.69) is 5.10 Å². The van der Waals surface area contributed by atoms with Crippen molar-refractivity contribution in [1.29, 1.82) is 0 Å². The average Bonchev–Trinajstić information content (AvgIpc) is 3.07. The van der Waals surface area contributed by atoms with Crippen molar-refractivity contribution in [3.8, 4) is 0 Å². The lowest BCUT2D eigenvalue weighted by molar-refractivity contribution is -0.157. The Hall–Kier alpha value is -1.96. The summed E-state index contributed by atoms with van der Waals surface area (Å²) in [6, 6.07) is 2.80. The summed E-state index contributed by atoms with van der Waals surface area (Å²) in [5, 5.41) is 5.60. The molecule has 1 unspecified atom stereocenters. The summed E-state index contributed by atoms with van der Waals surface area (Å²) < 4.78 is 53.6. The largest absolute Gasteiger partial charge is 0.291 e. The van der Waals surface area contributed by atoms with Gasteiger partial charge in [-0.05, 0) is 54.7 Å². The normalized spacial score (nSPS) is 35.3. The fraction of sp³-hybridized carbons (Fsp3) is 0.619. The molecule has 0 radical (unpaired) electrons. The number of halogens is 4. The summed E-state index contributed by atoms with van der Waals surface area (Å²) in [7, 11) is 0. The summed E-state index contributed by atoms with van der Waals surface area (Å²) in [6.07, 6.45) is 4.59. The fourth-order valence-electron chi connectivity index (χ4n) is 5.57. The second kappa shape index (κ2) is 6.79. The van der Waals surface area contributed by atoms with Gasteiger partial charge in [0.05, 0.1) is 19.1 Å². The lowest BCUT2D eigenvalue weighted by atomic mass is 9.55. The van der Waals surface area contributed by atoms with E-state index in [1.54, 1.807) is 11.1 Å². The highest BCUT2D eigenvalue weighted by Crippen LogP contribution is 2.53. The Balaban J connectivity index is 1.28. The lowest BCUT2D eigenvalue weighted by Gasteiger charge is -2.53. The highest BCUT2D eigenvalue weighted by molar-refractivity contribution is 5.82. The van der Waals surface area contributed by atoms with Crippen molar-refractivity contribution in [3.63, 3.8) is 0 Å². The second-order valence-corrected chi connectivity index (χ2v) is 9.05. The zero-order chi connectivity index (χ0) is 20.3. The Bertz CT molecular complexity index is 826. The molecule has 2 bridgehead atoms. The van der Waals surface area contributed by atoms with Crippen molar-refractivity contribution in [2.24, 2.45) is 28.8 Å². The number of amides is 1. The first kappa shape index (κ1) is 19.0. The number of carbonyl (C=O) groups excluding carboxylic acids is 1. The van der Waals surface area contributed by atoms with Crippen molar-refractivity contribution in [2.75, 3.05) is 19.6 Å². The Morgan fingerprint density at radius 2 is 1.76 bits per heavy atom. The van der Waals surface area contributed by atoms with Crippen LogP contribution in [0.5, 0.6) is 0 Å². The van der Waals surface area contributed by atoms with Crippen LogP contribution in [-0.2, 0) is 4.79 Å². The van der Waals surface area contributed by atoms with Crippen LogP contribution in [0.4, 0.5) is 17.6 Å². The van der Waals surface area contributed by atoms with Gasteiger partial charge in [-0.2, -0.15) is 5.10 Å². The van der Waals surface area contributed by atoms with Gasteiger partial charge >= 0.3 is 0 Å². The molecule has 2 heterocycles. The standard InChI is InChI=1S/C21H23F4N3O/c22-16-5-14(6-17(23)8-16)19-1-2-26-28(19)20(29)18-7-15(12-3-13(18)4-12)9-27-10-21(24,25)11-27/h2,5-6,8,12-13,15,18-19H,1,3-4,7,9-11H2/t12?,13?,15-,18-,19?/m0/s1. The number of hydrogen-bond acceptors (Lipinski definition) is 3. The quantitative estimate of drug-likeness (QED) is 0.709. The Kier molecular flexibility index (Phi) is 4.46. The van der Waals surface area contributed by atoms with Gasteiger partial charge in [0, 0.05) is 31.2 Å². The van der Waals surface area contributed by atoms with E-state index in [9.17, 15) is 22.4 Å². The highest BCUT2D eigenvalue weighted by Gasteiger charge is 2.52. The second-order valence-electron chi connectivity index (χ2n) is 9.05. The first-order valence-electron chi connectivity index (χ1n) is 10.2. The fourth-order valence-corrected chi connectivity index (χ4v) is 5.57. The average molecular weight is 409 g/mol. The first-order valence-corrected chi connectivity index (χ1v) is 10.2. The molecule has 1 saturated heterocycles. The monoisotopic (exact) mass is 409 g/mol. The molecule has 1 aromatic rings. The minimum atomic E-state index is -2.58. The minimum absolute atomic E-state index is 0.115. The predicted octanol–water partition coefficient (Wildman–Crippen LogP) is 3.84. The number of benzene rings is 1. The summed E-state index contributed by atoms with van der Waals surface area (Å²) in [5.74, 6) is -3.21. The van der Waals surface area contributed by atoms with E-state index in [0.717, 1.165) is 18.9 Å². The maximum atomic E-state index is 13.7. The molecule has 3 saturated carbocycles. The molecule has 3 aliphatic carbocycles. The third-order valence-electron chi connectivity index (χ3n) is 7.05. The van der Waals surface area contributed by atoms with Gasteiger partial charge in [0.2, 0.25) is 5.91 Å². The van der Waals surface area contributed by atoms with Crippen LogP contribution in [-0.4, -0.2) is 47.6 Å². The molecule has 4 fully saturated rings. The molecule has 1 amide bonds. The third kappa shape index (κ3) is 3.45. The molecule has 8 heteroatoms. The maximum Gasteiger partial charge on any atom is 0.272 e. The van der Waals surface area contributed by atoms with E-state index in [0.29, 0.717) is 36.8 Å². The van der Waals surface area contributed by atoms with Crippen molar-refractivity contribution < 1.29 is 22.4 Å². The van der Waals surface area contributed by atoms with Crippen LogP contribution in [0.15, 0.2) is 23.3 Å². The first-order chi connectivity index (χ1) is 13.8. The number of hydrazone groups is 1. The smallest absolute Gasteiger partial charge is 0.272 e. The molecule has 29 heavy (non-hydrogen) atoms. The van der Waals surface area contributed by atoms with Crippen LogP contribution in [0.1, 0.15) is 37.3 Å². The van der Waals surface area contributed by atoms with Gasteiger partial charge in [0.25, 0.3) is 5.92 Å². The van der Waals surface area contributed by atoms with E-state index in [-0.39, 0.29) is 30.8 Å². The number of alkyl halides is 2. The van der Waals surface area contributed by atoms with Crippen LogP contribution >= 0.6 is 0 Å². The SMILES string of the molecule is O=C([C@H]1C[C@@H](CN2CC(F)(F)C2)C2CC1C2)N1N=CCC1c1cc(F)cc(F)c1. The summed E-state index contributed by atoms with van der Waals surface area (Å²) in [4.78, 5) is 15.1. The molecular weight excluding hydrogens is 386 g/mol. The van der Waals surface area contributed by atoms with E-state index >= 15 is 0 Å². The summed E-state index contributed by atoms with van der Waals surface area (Å²) in [5.41, 5.74) is 0.398. The number of carbonyl (C=O) groups is 1. The van der Waals surface area contributed by atoms with E-state index in [4.69, 9.17) is 0 Å². The number of rotatable bonds is 4. The van der Waals surface area contributed by atoms with Crippen LogP contribution < -0.4 is 0 Å². The molecule has 6 rings (SSSR count). The number of hydrogen-bond donors (Lipinski definition) is 0. The van der Waals surface area contributed by atoms with E-state index in [1.165, 1.54) is 17.1 Å². The van der Waals surface area contributed by atoms with Gasteiger partial charge in [-0.15, -0.1) is 0 Å². The Labute approximate surface area is 166 Å². The van der Waals surface area contributed by atoms with Crippen molar-refractivity contribution in [1.82, 2.24) is 9.91 Å². The lowest BCUT2D eigenvalue weighted by Crippen LogP contribution is -2.59. The minimum Gasteiger partial charge on any atom is -0.291 e. The molecule has 156 valence electrons. The zero-order valence-electron chi connectivity index (χ0n) is 15.9. The van der Waals surface area contributed by atoms with Crippen LogP contribution in [0.3, 0.4) is 0 Å². The van der Waals surface area contributed by atoms with E-state index < -0.39 is 23.6 Å². The van der Waals surface area contributed by atoms with E-state index in [1.807, 2.05) is 0 Å². The topological polar surface area (TPSA) is 35.9 Å². The van der Waals surface area contributed by atoms with Crippen LogP contribution in [0.25, 0.3) is 0 Å². The van der Waals surface area contributed by atoms with Gasteiger partial charge in [-0.1, -0.05) is 0 Å². The molecule has 0 N–H and O–H groups in total. The molecule has 5 aliphatic rings. The Morgan fingerprint density at radius 3 is 2.41 bits per heavy atom. The predicted molar refractivity (Wildman–Crippen MR) is 98.3 cm³/mol. The van der Waals surface area contributed by atoms with Gasteiger partial charge in [0.15, 0.2) is 0 Å². The Morgan fingerprint density at radius 1 is 1.07 bits per heavy atom. The van der Waals surface area contributed by atoms with Crippen LogP contribution in [0.2, 0.25) is 0 Å². The number of likely N-dealkylation sites (tertiary alicyclic amines) is 1. The zero-order valence-corrected chi connectivity index (χ0v) is 15.9. The van der Waals surface area contributed by atoms with Gasteiger partial charge in [-0.25, -0.2) is 22.6 Å². The molecule has 0 spiro atoms. The molecule has 4 nitrogen and oxygen atoms in total. The molecule has 1 aromatic carbocycles. The third-order valence-corrected chi connectivity index (χ3v) is 7.05. The van der Waals surface area contributed by atoms with Crippen molar-refractivity contribution in [2.45, 2.75) is 37.6 Å². The molecule has 3 atom stereocenters. The number of fused-ring (bicyclic) bond motifs is 2. The number of nitrogens with zero attached hydrogens (tertiary/aromatic N) is 3. The van der Waals surface area contributed by atoms with Crippen molar-refractivity contribution in [3.05, 3.63) is 35.4 Å². The van der Waals surface area contributed by atoms with Gasteiger partial charge < -0.3 is 0 Å². The molecule has 2 aliphatic heterocycles.